The zero-order chi connectivity index (χ0) is 25.0. The van der Waals surface area contributed by atoms with E-state index >= 15 is 0 Å². The van der Waals surface area contributed by atoms with Crippen molar-refractivity contribution in [1.29, 1.82) is 0 Å². The lowest BCUT2D eigenvalue weighted by Gasteiger charge is -2.35. The van der Waals surface area contributed by atoms with Gasteiger partial charge in [0.05, 0.1) is 41.8 Å². The lowest BCUT2D eigenvalue weighted by atomic mass is 9.91. The Hall–Kier alpha value is -3.37. The van der Waals surface area contributed by atoms with Crippen LogP contribution in [0.3, 0.4) is 0 Å². The third-order valence-electron chi connectivity index (χ3n) is 5.48. The summed E-state index contributed by atoms with van der Waals surface area (Å²) in [4.78, 5) is 29.2. The largest absolute Gasteiger partial charge is 0.461 e. The number of aromatic nitrogens is 4. The van der Waals surface area contributed by atoms with Gasteiger partial charge in [0.25, 0.3) is 0 Å². The summed E-state index contributed by atoms with van der Waals surface area (Å²) >= 11 is 0. The van der Waals surface area contributed by atoms with Crippen LogP contribution >= 0.6 is 0 Å². The van der Waals surface area contributed by atoms with Gasteiger partial charge < -0.3 is 24.5 Å². The van der Waals surface area contributed by atoms with E-state index in [1.807, 2.05) is 27.7 Å². The topological polar surface area (TPSA) is 111 Å². The lowest BCUT2D eigenvalue weighted by molar-refractivity contribution is -0.231. The summed E-state index contributed by atoms with van der Waals surface area (Å²) in [6.07, 6.45) is 1.55. The van der Waals surface area contributed by atoms with Crippen LogP contribution in [0.2, 0.25) is 0 Å². The first-order valence-corrected chi connectivity index (χ1v) is 11.7. The van der Waals surface area contributed by atoms with Crippen LogP contribution in [-0.4, -0.2) is 51.7 Å². The predicted molar refractivity (Wildman–Crippen MR) is 127 cm³/mol. The van der Waals surface area contributed by atoms with E-state index in [1.54, 1.807) is 24.4 Å². The molecular weight excluding hydrogens is 453 g/mol. The number of nitrogens with one attached hydrogen (secondary N) is 2. The molecule has 1 aromatic carbocycles. The van der Waals surface area contributed by atoms with Crippen LogP contribution in [0.25, 0.3) is 22.6 Å². The fraction of sp³-hybridized carbons (Fsp3) is 0.440. The van der Waals surface area contributed by atoms with Gasteiger partial charge >= 0.3 is 6.01 Å². The van der Waals surface area contributed by atoms with Crippen LogP contribution in [0.4, 0.5) is 4.39 Å². The molecule has 0 bridgehead atoms. The molecule has 3 heterocycles. The molecule has 2 aromatic heterocycles. The Labute approximate surface area is 203 Å². The highest BCUT2D eigenvalue weighted by molar-refractivity contribution is 5.82. The van der Waals surface area contributed by atoms with E-state index < -0.39 is 11.7 Å². The summed E-state index contributed by atoms with van der Waals surface area (Å²) in [6, 6.07) is 7.99. The molecule has 0 aliphatic carbocycles. The van der Waals surface area contributed by atoms with Crippen LogP contribution in [0.15, 0.2) is 36.5 Å². The first-order valence-electron chi connectivity index (χ1n) is 11.7. The number of imidazole rings is 1. The summed E-state index contributed by atoms with van der Waals surface area (Å²) in [5.74, 6) is -0.0378. The Morgan fingerprint density at radius 3 is 2.60 bits per heavy atom. The number of hydrogen-bond donors (Lipinski definition) is 2. The first-order chi connectivity index (χ1) is 16.8. The molecule has 186 valence electrons. The predicted octanol–water partition coefficient (Wildman–Crippen LogP) is 4.04. The van der Waals surface area contributed by atoms with Crippen molar-refractivity contribution < 1.29 is 23.4 Å². The lowest BCUT2D eigenvalue weighted by Crippen LogP contribution is -2.48. The third-order valence-corrected chi connectivity index (χ3v) is 5.48. The average Bonchev–Trinajstić information content (AvgIpc) is 3.28. The SMILES string of the molecule is CCCNC(=O)C1(C)COC(c2nc(-c3ccc(F)cc3)c(-c3ccnc(OC(C)C)n3)[nH]2)OC1. The van der Waals surface area contributed by atoms with E-state index in [0.717, 1.165) is 6.42 Å². The summed E-state index contributed by atoms with van der Waals surface area (Å²) in [6.45, 7) is 8.54. The molecule has 9 nitrogen and oxygen atoms in total. The van der Waals surface area contributed by atoms with E-state index in [1.165, 1.54) is 12.1 Å². The van der Waals surface area contributed by atoms with Crippen LogP contribution in [0.1, 0.15) is 46.2 Å². The Morgan fingerprint density at radius 1 is 1.23 bits per heavy atom. The summed E-state index contributed by atoms with van der Waals surface area (Å²) in [5, 5.41) is 2.90. The zero-order valence-electron chi connectivity index (χ0n) is 20.3. The van der Waals surface area contributed by atoms with Gasteiger partial charge in [-0.3, -0.25) is 4.79 Å². The highest BCUT2D eigenvalue weighted by Crippen LogP contribution is 2.35. The fourth-order valence-electron chi connectivity index (χ4n) is 3.60. The molecule has 1 saturated heterocycles. The zero-order valence-corrected chi connectivity index (χ0v) is 20.3. The number of H-pyrrole nitrogens is 1. The van der Waals surface area contributed by atoms with Crippen molar-refractivity contribution in [2.45, 2.75) is 46.5 Å². The molecule has 2 N–H and O–H groups in total. The maximum Gasteiger partial charge on any atom is 0.317 e. The molecule has 35 heavy (non-hydrogen) atoms. The van der Waals surface area contributed by atoms with Crippen LogP contribution in [-0.2, 0) is 14.3 Å². The van der Waals surface area contributed by atoms with Gasteiger partial charge in [-0.15, -0.1) is 0 Å². The first kappa shape index (κ1) is 24.7. The highest BCUT2D eigenvalue weighted by Gasteiger charge is 2.40. The molecule has 10 heteroatoms. The van der Waals surface area contributed by atoms with Gasteiger partial charge in [-0.25, -0.2) is 14.4 Å². The standard InChI is InChI=1S/C25H30FN5O4/c1-5-11-27-23(32)25(4)13-33-22(34-14-25)21-30-19(16-6-8-17(26)9-7-16)20(31-21)18-10-12-28-24(29-18)35-15(2)3/h6-10,12,15,22H,5,11,13-14H2,1-4H3,(H,27,32)(H,30,31). The quantitative estimate of drug-likeness (QED) is 0.497. The number of hydrogen-bond acceptors (Lipinski definition) is 7. The van der Waals surface area contributed by atoms with Gasteiger partial charge in [0.2, 0.25) is 12.2 Å². The Balaban J connectivity index is 1.64. The Kier molecular flexibility index (Phi) is 7.42. The van der Waals surface area contributed by atoms with Crippen molar-refractivity contribution in [2.75, 3.05) is 19.8 Å². The number of rotatable bonds is 8. The van der Waals surface area contributed by atoms with E-state index in [2.05, 4.69) is 20.3 Å². The number of carbonyl (C=O) groups excluding carboxylic acids is 1. The summed E-state index contributed by atoms with van der Waals surface area (Å²) < 4.78 is 31.1. The second kappa shape index (κ2) is 10.5. The maximum absolute atomic E-state index is 13.6. The minimum Gasteiger partial charge on any atom is -0.461 e. The van der Waals surface area contributed by atoms with Crippen molar-refractivity contribution in [3.63, 3.8) is 0 Å². The van der Waals surface area contributed by atoms with E-state index in [4.69, 9.17) is 19.2 Å². The Bertz CT molecular complexity index is 1160. The average molecular weight is 484 g/mol. The van der Waals surface area contributed by atoms with Gasteiger partial charge in [-0.05, 0) is 57.5 Å². The molecule has 3 aromatic rings. The maximum atomic E-state index is 13.6. The molecule has 4 rings (SSSR count). The molecule has 0 atom stereocenters. The monoisotopic (exact) mass is 483 g/mol. The van der Waals surface area contributed by atoms with Crippen molar-refractivity contribution in [3.05, 3.63) is 48.2 Å². The molecular formula is C25H30FN5O4. The van der Waals surface area contributed by atoms with Crippen molar-refractivity contribution in [3.8, 4) is 28.7 Å². The number of nitrogens with zero attached hydrogens (tertiary/aromatic N) is 3. The number of carbonyl (C=O) groups is 1. The van der Waals surface area contributed by atoms with Crippen LogP contribution in [0.5, 0.6) is 6.01 Å². The molecule has 0 saturated carbocycles. The molecule has 1 aliphatic heterocycles. The molecule has 1 fully saturated rings. The van der Waals surface area contributed by atoms with Crippen molar-refractivity contribution in [2.24, 2.45) is 5.41 Å². The van der Waals surface area contributed by atoms with E-state index in [-0.39, 0.29) is 37.1 Å². The van der Waals surface area contributed by atoms with Gasteiger partial charge in [0.15, 0.2) is 5.82 Å². The van der Waals surface area contributed by atoms with Crippen LogP contribution in [0, 0.1) is 11.2 Å². The van der Waals surface area contributed by atoms with Gasteiger partial charge in [-0.1, -0.05) is 6.92 Å². The molecule has 0 spiro atoms. The highest BCUT2D eigenvalue weighted by atomic mass is 19.1. The molecule has 0 unspecified atom stereocenters. The van der Waals surface area contributed by atoms with Crippen LogP contribution < -0.4 is 10.1 Å². The summed E-state index contributed by atoms with van der Waals surface area (Å²) in [7, 11) is 0. The van der Waals surface area contributed by atoms with E-state index in [0.29, 0.717) is 35.0 Å². The third kappa shape index (κ3) is 5.66. The number of halogens is 1. The smallest absolute Gasteiger partial charge is 0.317 e. The second-order valence-electron chi connectivity index (χ2n) is 9.01. The van der Waals surface area contributed by atoms with Gasteiger partial charge in [-0.2, -0.15) is 4.98 Å². The number of aromatic amines is 1. The van der Waals surface area contributed by atoms with E-state index in [9.17, 15) is 9.18 Å². The van der Waals surface area contributed by atoms with Gasteiger partial charge in [0, 0.05) is 18.3 Å². The summed E-state index contributed by atoms with van der Waals surface area (Å²) in [5.41, 5.74) is 1.58. The second-order valence-corrected chi connectivity index (χ2v) is 9.01. The Morgan fingerprint density at radius 2 is 1.94 bits per heavy atom. The molecule has 1 aliphatic rings. The minimum absolute atomic E-state index is 0.0907. The van der Waals surface area contributed by atoms with Crippen molar-refractivity contribution in [1.82, 2.24) is 25.3 Å². The molecule has 0 radical (unpaired) electrons. The number of ether oxygens (including phenoxy) is 3. The van der Waals surface area contributed by atoms with Gasteiger partial charge in [0.1, 0.15) is 5.82 Å². The normalized spacial score (nSPS) is 20.1. The molecule has 1 amide bonds. The number of benzene rings is 1. The fourth-order valence-corrected chi connectivity index (χ4v) is 3.60. The minimum atomic E-state index is -0.803. The van der Waals surface area contributed by atoms with Crippen molar-refractivity contribution >= 4 is 5.91 Å². The number of amides is 1.